The van der Waals surface area contributed by atoms with E-state index in [4.69, 9.17) is 4.74 Å². The van der Waals surface area contributed by atoms with Gasteiger partial charge in [0.15, 0.2) is 0 Å². The van der Waals surface area contributed by atoms with E-state index in [-0.39, 0.29) is 16.9 Å². The molecule has 2 aliphatic heterocycles. The maximum Gasteiger partial charge on any atom is 0.346 e. The van der Waals surface area contributed by atoms with Gasteiger partial charge in [-0.05, 0) is 29.8 Å². The number of nitrogens with zero attached hydrogens (tertiary/aromatic N) is 1. The Bertz CT molecular complexity index is 1070. The average molecular weight is 408 g/mol. The number of benzene rings is 2. The fourth-order valence-electron chi connectivity index (χ4n) is 3.76. The zero-order valence-electron chi connectivity index (χ0n) is 16.3. The number of carbonyl (C=O) groups excluding carboxylic acids is 3. The van der Waals surface area contributed by atoms with Crippen LogP contribution in [0.2, 0.25) is 0 Å². The van der Waals surface area contributed by atoms with Crippen molar-refractivity contribution in [3.8, 4) is 0 Å². The number of likely N-dealkylation sites (N-methyl/N-ethyl adjacent to an activating group) is 1. The van der Waals surface area contributed by atoms with E-state index in [9.17, 15) is 14.4 Å². The van der Waals surface area contributed by atoms with Crippen molar-refractivity contribution < 1.29 is 19.1 Å². The first-order chi connectivity index (χ1) is 13.8. The number of hydrogen-bond acceptors (Lipinski definition) is 6. The lowest BCUT2D eigenvalue weighted by Crippen LogP contribution is -2.25. The number of nitrogens with one attached hydrogen (secondary N) is 1. The molecular weight excluding hydrogens is 388 g/mol. The minimum atomic E-state index is -0.754. The van der Waals surface area contributed by atoms with E-state index < -0.39 is 11.9 Å². The van der Waals surface area contributed by atoms with Crippen LogP contribution in [0.5, 0.6) is 0 Å². The summed E-state index contributed by atoms with van der Waals surface area (Å²) in [5.41, 5.74) is 3.26. The molecule has 0 bridgehead atoms. The first-order valence-corrected chi connectivity index (χ1v) is 10.1. The molecule has 4 rings (SSSR count). The van der Waals surface area contributed by atoms with Crippen LogP contribution in [0.4, 0.5) is 11.4 Å². The summed E-state index contributed by atoms with van der Waals surface area (Å²) in [6.45, 7) is 4.06. The van der Waals surface area contributed by atoms with E-state index in [1.165, 1.54) is 23.9 Å². The average Bonchev–Trinajstić information content (AvgIpc) is 2.88. The maximum atomic E-state index is 12.5. The molecule has 0 saturated heterocycles. The van der Waals surface area contributed by atoms with Gasteiger partial charge in [0.25, 0.3) is 0 Å². The Labute approximate surface area is 172 Å². The number of amides is 1. The summed E-state index contributed by atoms with van der Waals surface area (Å²) in [4.78, 5) is 39.3. The van der Waals surface area contributed by atoms with Crippen LogP contribution in [-0.4, -0.2) is 30.6 Å². The topological polar surface area (TPSA) is 75.7 Å². The first-order valence-electron chi connectivity index (χ1n) is 9.15. The van der Waals surface area contributed by atoms with Gasteiger partial charge in [-0.15, -0.1) is 11.8 Å². The van der Waals surface area contributed by atoms with Crippen molar-refractivity contribution in [2.75, 3.05) is 23.0 Å². The highest BCUT2D eigenvalue weighted by molar-refractivity contribution is 8.00. The monoisotopic (exact) mass is 408 g/mol. The molecule has 2 aromatic carbocycles. The van der Waals surface area contributed by atoms with E-state index in [0.29, 0.717) is 11.4 Å². The van der Waals surface area contributed by atoms with Crippen molar-refractivity contribution >= 4 is 41.0 Å². The lowest BCUT2D eigenvalue weighted by Gasteiger charge is -2.23. The molecule has 0 aliphatic carbocycles. The molecule has 29 heavy (non-hydrogen) atoms. The van der Waals surface area contributed by atoms with Crippen LogP contribution in [0.25, 0.3) is 0 Å². The number of fused-ring (bicyclic) bond motifs is 2. The number of esters is 2. The van der Waals surface area contributed by atoms with Crippen molar-refractivity contribution in [1.82, 2.24) is 0 Å². The third-order valence-electron chi connectivity index (χ3n) is 5.24. The van der Waals surface area contributed by atoms with Crippen molar-refractivity contribution in [2.45, 2.75) is 24.2 Å². The minimum Gasteiger partial charge on any atom is -0.386 e. The number of allylic oxidation sites excluding steroid dienone is 1. The summed E-state index contributed by atoms with van der Waals surface area (Å²) in [6.07, 6.45) is 1.37. The van der Waals surface area contributed by atoms with E-state index in [2.05, 4.69) is 5.32 Å². The van der Waals surface area contributed by atoms with Crippen LogP contribution >= 0.6 is 11.8 Å². The Morgan fingerprint density at radius 3 is 2.72 bits per heavy atom. The molecule has 6 nitrogen and oxygen atoms in total. The van der Waals surface area contributed by atoms with Gasteiger partial charge in [0.05, 0.1) is 17.0 Å². The smallest absolute Gasteiger partial charge is 0.346 e. The number of ether oxygens (including phenoxy) is 1. The predicted octanol–water partition coefficient (Wildman–Crippen LogP) is 3.73. The van der Waals surface area contributed by atoms with Gasteiger partial charge in [-0.3, -0.25) is 4.79 Å². The van der Waals surface area contributed by atoms with Gasteiger partial charge in [-0.2, -0.15) is 0 Å². The number of thioether (sulfide) groups is 1. The Morgan fingerprint density at radius 2 is 1.97 bits per heavy atom. The van der Waals surface area contributed by atoms with Gasteiger partial charge in [0, 0.05) is 34.8 Å². The summed E-state index contributed by atoms with van der Waals surface area (Å²) in [7, 11) is 1.89. The fourth-order valence-corrected chi connectivity index (χ4v) is 4.55. The highest BCUT2D eigenvalue weighted by Crippen LogP contribution is 2.46. The number of rotatable bonds is 2. The van der Waals surface area contributed by atoms with Crippen LogP contribution in [0, 0.1) is 0 Å². The SMILES string of the molecule is CN1/C(=C\C(=O)OC(=O)c2ccc3c(c2)NC(=O)CS3)C(C)(C)c2ccccc21. The van der Waals surface area contributed by atoms with Crippen LogP contribution in [0.3, 0.4) is 0 Å². The van der Waals surface area contributed by atoms with E-state index in [1.807, 2.05) is 50.1 Å². The summed E-state index contributed by atoms with van der Waals surface area (Å²) in [5, 5.41) is 2.72. The Kier molecular flexibility index (Phi) is 4.70. The van der Waals surface area contributed by atoms with Gasteiger partial charge in [0.2, 0.25) is 5.91 Å². The molecule has 0 radical (unpaired) electrons. The standard InChI is InChI=1S/C22H20N2O4S/c1-22(2)14-6-4-5-7-16(14)24(3)18(22)11-20(26)28-21(27)13-8-9-17-15(10-13)23-19(25)12-29-17/h4-11H,12H2,1-3H3,(H,23,25)/b18-11-. The zero-order chi connectivity index (χ0) is 20.8. The number of carbonyl (C=O) groups is 3. The summed E-state index contributed by atoms with van der Waals surface area (Å²) in [6, 6.07) is 12.8. The molecule has 7 heteroatoms. The van der Waals surface area contributed by atoms with Gasteiger partial charge < -0.3 is 15.0 Å². The van der Waals surface area contributed by atoms with Crippen LogP contribution in [0.1, 0.15) is 29.8 Å². The lowest BCUT2D eigenvalue weighted by atomic mass is 9.84. The molecule has 0 spiro atoms. The number of anilines is 2. The van der Waals surface area contributed by atoms with Crippen molar-refractivity contribution in [1.29, 1.82) is 0 Å². The first kappa shape index (κ1) is 19.3. The molecule has 0 fully saturated rings. The van der Waals surface area contributed by atoms with E-state index >= 15 is 0 Å². The second kappa shape index (κ2) is 7.08. The fraction of sp³-hybridized carbons (Fsp3) is 0.227. The highest BCUT2D eigenvalue weighted by atomic mass is 32.2. The Morgan fingerprint density at radius 1 is 1.21 bits per heavy atom. The molecule has 2 aromatic rings. The predicted molar refractivity (Wildman–Crippen MR) is 112 cm³/mol. The van der Waals surface area contributed by atoms with Gasteiger partial charge in [-0.1, -0.05) is 32.0 Å². The molecule has 0 saturated carbocycles. The second-order valence-corrected chi connectivity index (χ2v) is 8.50. The minimum absolute atomic E-state index is 0.125. The molecule has 1 N–H and O–H groups in total. The molecule has 1 amide bonds. The molecule has 0 unspecified atom stereocenters. The lowest BCUT2D eigenvalue weighted by molar-refractivity contribution is -0.132. The second-order valence-electron chi connectivity index (χ2n) is 7.49. The largest absolute Gasteiger partial charge is 0.386 e. The third kappa shape index (κ3) is 3.42. The van der Waals surface area contributed by atoms with Crippen LogP contribution in [0.15, 0.2) is 59.1 Å². The summed E-state index contributed by atoms with van der Waals surface area (Å²) in [5.74, 6) is -1.27. The van der Waals surface area contributed by atoms with Crippen LogP contribution < -0.4 is 10.2 Å². The normalized spacial score (nSPS) is 18.1. The summed E-state index contributed by atoms with van der Waals surface area (Å²) < 4.78 is 5.06. The van der Waals surface area contributed by atoms with Gasteiger partial charge in [-0.25, -0.2) is 9.59 Å². The van der Waals surface area contributed by atoms with Crippen molar-refractivity contribution in [2.24, 2.45) is 0 Å². The number of hydrogen-bond donors (Lipinski definition) is 1. The number of para-hydroxylation sites is 1. The van der Waals surface area contributed by atoms with Crippen molar-refractivity contribution in [3.63, 3.8) is 0 Å². The van der Waals surface area contributed by atoms with Crippen molar-refractivity contribution in [3.05, 3.63) is 65.4 Å². The highest BCUT2D eigenvalue weighted by Gasteiger charge is 2.38. The van der Waals surface area contributed by atoms with Gasteiger partial charge in [0.1, 0.15) is 0 Å². The van der Waals surface area contributed by atoms with Crippen LogP contribution in [-0.2, 0) is 19.7 Å². The maximum absolute atomic E-state index is 12.5. The molecular formula is C22H20N2O4S. The molecule has 0 aromatic heterocycles. The zero-order valence-corrected chi connectivity index (χ0v) is 17.1. The molecule has 2 aliphatic rings. The molecule has 2 heterocycles. The quantitative estimate of drug-likeness (QED) is 0.464. The third-order valence-corrected chi connectivity index (χ3v) is 6.31. The van der Waals surface area contributed by atoms with Gasteiger partial charge >= 0.3 is 11.9 Å². The van der Waals surface area contributed by atoms with E-state index in [1.54, 1.807) is 12.1 Å². The van der Waals surface area contributed by atoms with E-state index in [0.717, 1.165) is 21.8 Å². The summed E-state index contributed by atoms with van der Waals surface area (Å²) >= 11 is 1.40. The Balaban J connectivity index is 1.54. The Hall–Kier alpha value is -3.06. The molecule has 0 atom stereocenters. The molecule has 148 valence electrons.